The van der Waals surface area contributed by atoms with Crippen molar-refractivity contribution in [2.75, 3.05) is 6.61 Å². The summed E-state index contributed by atoms with van der Waals surface area (Å²) >= 11 is 2.87. The fourth-order valence-electron chi connectivity index (χ4n) is 1.25. The molecule has 0 aliphatic heterocycles. The Morgan fingerprint density at radius 2 is 2.47 bits per heavy atom. The minimum Gasteiger partial charge on any atom is -0.462 e. The van der Waals surface area contributed by atoms with Crippen LogP contribution in [0.4, 0.5) is 0 Å². The number of hydrogen-bond donors (Lipinski definition) is 0. The highest BCUT2D eigenvalue weighted by atomic mass is 32.2. The molecule has 76 valence electrons. The molecule has 15 heavy (non-hydrogen) atoms. The molecule has 5 heteroatoms. The number of esters is 1. The molecule has 0 spiro atoms. The van der Waals surface area contributed by atoms with Crippen LogP contribution in [-0.2, 0) is 4.74 Å². The molecule has 0 fully saturated rings. The van der Waals surface area contributed by atoms with Gasteiger partial charge in [0.2, 0.25) is 0 Å². The van der Waals surface area contributed by atoms with Crippen molar-refractivity contribution in [3.8, 4) is 6.07 Å². The molecule has 0 aromatic carbocycles. The van der Waals surface area contributed by atoms with Crippen molar-refractivity contribution < 1.29 is 9.53 Å². The summed E-state index contributed by atoms with van der Waals surface area (Å²) in [5, 5.41) is 11.4. The second-order valence-electron chi connectivity index (χ2n) is 2.79. The zero-order chi connectivity index (χ0) is 10.8. The van der Waals surface area contributed by atoms with E-state index in [0.717, 1.165) is 9.40 Å². The SMILES string of the molecule is CCOC(=O)c1csc2sc(C#N)cc12. The Labute approximate surface area is 94.5 Å². The van der Waals surface area contributed by atoms with Crippen LogP contribution >= 0.6 is 22.7 Å². The largest absolute Gasteiger partial charge is 0.462 e. The lowest BCUT2D eigenvalue weighted by Crippen LogP contribution is -2.02. The van der Waals surface area contributed by atoms with E-state index in [1.807, 2.05) is 0 Å². The van der Waals surface area contributed by atoms with Gasteiger partial charge in [0, 0.05) is 10.8 Å². The van der Waals surface area contributed by atoms with Crippen LogP contribution in [0.2, 0.25) is 0 Å². The first-order valence-corrected chi connectivity index (χ1v) is 6.04. The van der Waals surface area contributed by atoms with Gasteiger partial charge in [0.05, 0.1) is 16.2 Å². The molecule has 2 rings (SSSR count). The summed E-state index contributed by atoms with van der Waals surface area (Å²) in [6.45, 7) is 2.14. The van der Waals surface area contributed by atoms with Crippen molar-refractivity contribution in [1.29, 1.82) is 5.26 Å². The van der Waals surface area contributed by atoms with Gasteiger partial charge < -0.3 is 4.74 Å². The van der Waals surface area contributed by atoms with E-state index < -0.39 is 0 Å². The number of ether oxygens (including phenoxy) is 1. The Bertz CT molecular complexity index is 547. The zero-order valence-electron chi connectivity index (χ0n) is 7.94. The van der Waals surface area contributed by atoms with Crippen molar-refractivity contribution in [1.82, 2.24) is 0 Å². The summed E-state index contributed by atoms with van der Waals surface area (Å²) in [6.07, 6.45) is 0. The van der Waals surface area contributed by atoms with Crippen molar-refractivity contribution >= 4 is 38.0 Å². The van der Waals surface area contributed by atoms with E-state index >= 15 is 0 Å². The van der Waals surface area contributed by atoms with Crippen LogP contribution in [0.5, 0.6) is 0 Å². The minimum absolute atomic E-state index is 0.314. The van der Waals surface area contributed by atoms with Gasteiger partial charge in [-0.3, -0.25) is 0 Å². The molecule has 0 saturated heterocycles. The van der Waals surface area contributed by atoms with Crippen molar-refractivity contribution in [2.45, 2.75) is 6.92 Å². The molecule has 0 amide bonds. The van der Waals surface area contributed by atoms with Gasteiger partial charge in [0.1, 0.15) is 10.9 Å². The summed E-state index contributed by atoms with van der Waals surface area (Å²) in [6, 6.07) is 3.81. The predicted octanol–water partition coefficient (Wildman–Crippen LogP) is 3.01. The normalized spacial score (nSPS) is 10.1. The molecule has 2 aromatic heterocycles. The van der Waals surface area contributed by atoms with E-state index in [1.54, 1.807) is 18.4 Å². The maximum atomic E-state index is 11.5. The second kappa shape index (κ2) is 4.01. The number of fused-ring (bicyclic) bond motifs is 1. The minimum atomic E-state index is -0.314. The highest BCUT2D eigenvalue weighted by Gasteiger charge is 2.15. The molecule has 2 aromatic rings. The van der Waals surface area contributed by atoms with E-state index in [2.05, 4.69) is 6.07 Å². The van der Waals surface area contributed by atoms with Gasteiger partial charge in [-0.2, -0.15) is 5.26 Å². The molecule has 2 heterocycles. The van der Waals surface area contributed by atoms with Gasteiger partial charge in [-0.05, 0) is 13.0 Å². The van der Waals surface area contributed by atoms with Crippen molar-refractivity contribution in [3.63, 3.8) is 0 Å². The summed E-state index contributed by atoms with van der Waals surface area (Å²) < 4.78 is 5.92. The average molecular weight is 237 g/mol. The van der Waals surface area contributed by atoms with Crippen LogP contribution in [-0.4, -0.2) is 12.6 Å². The maximum absolute atomic E-state index is 11.5. The van der Waals surface area contributed by atoms with Crippen molar-refractivity contribution in [2.24, 2.45) is 0 Å². The average Bonchev–Trinajstić information content (AvgIpc) is 2.75. The van der Waals surface area contributed by atoms with Gasteiger partial charge >= 0.3 is 5.97 Å². The molecule has 0 N–H and O–H groups in total. The zero-order valence-corrected chi connectivity index (χ0v) is 9.58. The number of rotatable bonds is 2. The fraction of sp³-hybridized carbons (Fsp3) is 0.200. The van der Waals surface area contributed by atoms with Crippen LogP contribution in [0.25, 0.3) is 9.40 Å². The smallest absolute Gasteiger partial charge is 0.339 e. The van der Waals surface area contributed by atoms with E-state index in [9.17, 15) is 4.79 Å². The van der Waals surface area contributed by atoms with Crippen LogP contribution in [0.15, 0.2) is 11.4 Å². The van der Waals surface area contributed by atoms with E-state index in [-0.39, 0.29) is 5.97 Å². The van der Waals surface area contributed by atoms with Crippen molar-refractivity contribution in [3.05, 3.63) is 21.9 Å². The first-order chi connectivity index (χ1) is 7.26. The third-order valence-corrected chi connectivity index (χ3v) is 4.04. The highest BCUT2D eigenvalue weighted by Crippen LogP contribution is 2.33. The summed E-state index contributed by atoms with van der Waals surface area (Å²) in [4.78, 5) is 12.2. The Kier molecular flexibility index (Phi) is 2.71. The molecule has 0 bridgehead atoms. The van der Waals surface area contributed by atoms with Gasteiger partial charge in [-0.15, -0.1) is 22.7 Å². The molecular formula is C10H7NO2S2. The number of nitrogens with zero attached hydrogens (tertiary/aromatic N) is 1. The summed E-state index contributed by atoms with van der Waals surface area (Å²) in [5.74, 6) is -0.314. The maximum Gasteiger partial charge on any atom is 0.339 e. The van der Waals surface area contributed by atoms with E-state index in [4.69, 9.17) is 10.00 Å². The van der Waals surface area contributed by atoms with Gasteiger partial charge in [-0.1, -0.05) is 0 Å². The lowest BCUT2D eigenvalue weighted by Gasteiger charge is -1.97. The lowest BCUT2D eigenvalue weighted by atomic mass is 10.2. The molecule has 0 aliphatic carbocycles. The van der Waals surface area contributed by atoms with Gasteiger partial charge in [-0.25, -0.2) is 4.79 Å². The Balaban J connectivity index is 2.48. The van der Waals surface area contributed by atoms with Gasteiger partial charge in [0.25, 0.3) is 0 Å². The standard InChI is InChI=1S/C10H7NO2S2/c1-2-13-9(12)8-5-14-10-7(8)3-6(4-11)15-10/h3,5H,2H2,1H3. The monoisotopic (exact) mass is 237 g/mol. The predicted molar refractivity (Wildman–Crippen MR) is 60.4 cm³/mol. The quantitative estimate of drug-likeness (QED) is 0.754. The summed E-state index contributed by atoms with van der Waals surface area (Å²) in [7, 11) is 0. The first kappa shape index (κ1) is 10.1. The first-order valence-electron chi connectivity index (χ1n) is 4.34. The van der Waals surface area contributed by atoms with Crippen LogP contribution in [0.1, 0.15) is 22.2 Å². The number of carbonyl (C=O) groups is 1. The van der Waals surface area contributed by atoms with Crippen LogP contribution in [0, 0.1) is 11.3 Å². The lowest BCUT2D eigenvalue weighted by molar-refractivity contribution is 0.0529. The topological polar surface area (TPSA) is 50.1 Å². The third kappa shape index (κ3) is 1.74. The number of hydrogen-bond acceptors (Lipinski definition) is 5. The Morgan fingerprint density at radius 1 is 1.67 bits per heavy atom. The molecule has 3 nitrogen and oxygen atoms in total. The second-order valence-corrected chi connectivity index (χ2v) is 4.98. The van der Waals surface area contributed by atoms with Crippen LogP contribution in [0.3, 0.4) is 0 Å². The number of nitriles is 1. The Morgan fingerprint density at radius 3 is 3.13 bits per heavy atom. The van der Waals surface area contributed by atoms with E-state index in [1.165, 1.54) is 22.7 Å². The molecule has 0 saturated carbocycles. The van der Waals surface area contributed by atoms with Gasteiger partial charge in [0.15, 0.2) is 0 Å². The fourth-order valence-corrected chi connectivity index (χ4v) is 3.30. The highest BCUT2D eigenvalue weighted by molar-refractivity contribution is 7.38. The Hall–Kier alpha value is -1.38. The molecule has 0 atom stereocenters. The van der Waals surface area contributed by atoms with E-state index in [0.29, 0.717) is 17.0 Å². The number of carbonyl (C=O) groups excluding carboxylic acids is 1. The molecule has 0 aliphatic rings. The number of thiophene rings is 2. The summed E-state index contributed by atoms with van der Waals surface area (Å²) in [5.41, 5.74) is 0.564. The molecular weight excluding hydrogens is 230 g/mol. The molecule has 0 radical (unpaired) electrons. The third-order valence-electron chi connectivity index (χ3n) is 1.88. The van der Waals surface area contributed by atoms with Crippen LogP contribution < -0.4 is 0 Å². The molecule has 0 unspecified atom stereocenters.